The number of amides is 1. The molecule has 2 aromatic heterocycles. The molecule has 0 aliphatic carbocycles. The Morgan fingerprint density at radius 3 is 2.58 bits per heavy atom. The molecular formula is C19H23ClN4O2. The van der Waals surface area contributed by atoms with Gasteiger partial charge in [0, 0.05) is 12.1 Å². The first-order valence-electron chi connectivity index (χ1n) is 8.37. The molecule has 2 heterocycles. The predicted octanol–water partition coefficient (Wildman–Crippen LogP) is 3.27. The SMILES string of the molecule is CNCCCNC(=O)c1cc(-c2ccc(C)cc2)nc2onc(C)c12.Cl. The zero-order valence-electron chi connectivity index (χ0n) is 15.1. The molecular weight excluding hydrogens is 352 g/mol. The van der Waals surface area contributed by atoms with E-state index >= 15 is 0 Å². The first kappa shape index (κ1) is 19.9. The highest BCUT2D eigenvalue weighted by molar-refractivity contribution is 6.06. The van der Waals surface area contributed by atoms with Gasteiger partial charge in [0.15, 0.2) is 0 Å². The molecule has 0 atom stereocenters. The Kier molecular flexibility index (Phi) is 6.71. The molecule has 7 heteroatoms. The number of rotatable bonds is 6. The highest BCUT2D eigenvalue weighted by atomic mass is 35.5. The number of aryl methyl sites for hydroxylation is 2. The Morgan fingerprint density at radius 2 is 1.88 bits per heavy atom. The molecule has 1 aromatic carbocycles. The third-order valence-corrected chi connectivity index (χ3v) is 4.10. The zero-order chi connectivity index (χ0) is 17.8. The van der Waals surface area contributed by atoms with Gasteiger partial charge in [0.2, 0.25) is 0 Å². The minimum Gasteiger partial charge on any atom is -0.352 e. The molecule has 0 spiro atoms. The second-order valence-electron chi connectivity index (χ2n) is 6.08. The molecule has 0 unspecified atom stereocenters. The minimum absolute atomic E-state index is 0. The van der Waals surface area contributed by atoms with Crippen molar-refractivity contribution in [1.29, 1.82) is 0 Å². The van der Waals surface area contributed by atoms with Crippen LogP contribution in [0.4, 0.5) is 0 Å². The van der Waals surface area contributed by atoms with Crippen LogP contribution < -0.4 is 10.6 Å². The topological polar surface area (TPSA) is 80.0 Å². The van der Waals surface area contributed by atoms with Crippen LogP contribution in [0.3, 0.4) is 0 Å². The quantitative estimate of drug-likeness (QED) is 0.647. The lowest BCUT2D eigenvalue weighted by Crippen LogP contribution is -2.27. The fraction of sp³-hybridized carbons (Fsp3) is 0.316. The van der Waals surface area contributed by atoms with Gasteiger partial charge >= 0.3 is 0 Å². The smallest absolute Gasteiger partial charge is 0.259 e. The van der Waals surface area contributed by atoms with E-state index in [0.29, 0.717) is 34.6 Å². The number of benzene rings is 1. The van der Waals surface area contributed by atoms with Gasteiger partial charge in [-0.15, -0.1) is 12.4 Å². The summed E-state index contributed by atoms with van der Waals surface area (Å²) in [4.78, 5) is 17.2. The maximum absolute atomic E-state index is 12.7. The number of aromatic nitrogens is 2. The molecule has 0 aliphatic heterocycles. The normalized spacial score (nSPS) is 10.6. The maximum Gasteiger partial charge on any atom is 0.259 e. The van der Waals surface area contributed by atoms with Gasteiger partial charge in [-0.2, -0.15) is 0 Å². The van der Waals surface area contributed by atoms with Crippen molar-refractivity contribution < 1.29 is 9.32 Å². The van der Waals surface area contributed by atoms with Crippen molar-refractivity contribution in [3.8, 4) is 11.3 Å². The molecule has 3 rings (SSSR count). The molecule has 138 valence electrons. The monoisotopic (exact) mass is 374 g/mol. The Balaban J connectivity index is 0.00000243. The molecule has 0 fully saturated rings. The van der Waals surface area contributed by atoms with Crippen molar-refractivity contribution >= 4 is 29.4 Å². The number of nitrogens with zero attached hydrogens (tertiary/aromatic N) is 2. The Bertz CT molecular complexity index is 890. The molecule has 26 heavy (non-hydrogen) atoms. The van der Waals surface area contributed by atoms with E-state index in [1.165, 1.54) is 5.56 Å². The Morgan fingerprint density at radius 1 is 1.15 bits per heavy atom. The standard InChI is InChI=1S/C19H22N4O2.ClH/c1-12-5-7-14(8-6-12)16-11-15(18(24)21-10-4-9-20-3)17-13(2)23-25-19(17)22-16;/h5-8,11,20H,4,9-10H2,1-3H3,(H,21,24);1H. The van der Waals surface area contributed by atoms with E-state index in [0.717, 1.165) is 18.5 Å². The van der Waals surface area contributed by atoms with Gasteiger partial charge in [0.1, 0.15) is 0 Å². The summed E-state index contributed by atoms with van der Waals surface area (Å²) >= 11 is 0. The summed E-state index contributed by atoms with van der Waals surface area (Å²) in [6.45, 7) is 5.31. The van der Waals surface area contributed by atoms with Gasteiger partial charge in [-0.3, -0.25) is 4.79 Å². The van der Waals surface area contributed by atoms with Crippen LogP contribution in [0.15, 0.2) is 34.9 Å². The van der Waals surface area contributed by atoms with E-state index in [1.807, 2.05) is 51.2 Å². The van der Waals surface area contributed by atoms with Crippen LogP contribution in [0.2, 0.25) is 0 Å². The minimum atomic E-state index is -0.136. The van der Waals surface area contributed by atoms with Crippen LogP contribution in [-0.4, -0.2) is 36.2 Å². The van der Waals surface area contributed by atoms with Crippen LogP contribution in [0.25, 0.3) is 22.4 Å². The van der Waals surface area contributed by atoms with Crippen LogP contribution >= 0.6 is 12.4 Å². The van der Waals surface area contributed by atoms with Gasteiger partial charge in [-0.25, -0.2) is 4.98 Å². The summed E-state index contributed by atoms with van der Waals surface area (Å²) in [6, 6.07) is 9.82. The number of hydrogen-bond donors (Lipinski definition) is 2. The molecule has 2 N–H and O–H groups in total. The molecule has 1 amide bonds. The molecule has 0 saturated carbocycles. The van der Waals surface area contributed by atoms with Crippen molar-refractivity contribution in [2.45, 2.75) is 20.3 Å². The highest BCUT2D eigenvalue weighted by Crippen LogP contribution is 2.27. The second-order valence-corrected chi connectivity index (χ2v) is 6.08. The number of hydrogen-bond acceptors (Lipinski definition) is 5. The van der Waals surface area contributed by atoms with Gasteiger partial charge in [0.05, 0.1) is 22.3 Å². The van der Waals surface area contributed by atoms with Crippen LogP contribution in [0.5, 0.6) is 0 Å². The van der Waals surface area contributed by atoms with Crippen molar-refractivity contribution in [3.63, 3.8) is 0 Å². The number of pyridine rings is 1. The lowest BCUT2D eigenvalue weighted by molar-refractivity contribution is 0.0955. The predicted molar refractivity (Wildman–Crippen MR) is 105 cm³/mol. The van der Waals surface area contributed by atoms with Crippen LogP contribution in [0, 0.1) is 13.8 Å². The molecule has 0 bridgehead atoms. The van der Waals surface area contributed by atoms with Gasteiger partial charge < -0.3 is 15.2 Å². The third-order valence-electron chi connectivity index (χ3n) is 4.10. The highest BCUT2D eigenvalue weighted by Gasteiger charge is 2.19. The first-order chi connectivity index (χ1) is 12.1. The molecule has 0 radical (unpaired) electrons. The summed E-state index contributed by atoms with van der Waals surface area (Å²) in [5.41, 5.74) is 4.40. The van der Waals surface area contributed by atoms with Crippen molar-refractivity contribution in [1.82, 2.24) is 20.8 Å². The summed E-state index contributed by atoms with van der Waals surface area (Å²) in [5.74, 6) is -0.136. The summed E-state index contributed by atoms with van der Waals surface area (Å²) in [5, 5.41) is 10.7. The lowest BCUT2D eigenvalue weighted by atomic mass is 10.0. The molecule has 0 saturated heterocycles. The number of nitrogens with one attached hydrogen (secondary N) is 2. The van der Waals surface area contributed by atoms with Gasteiger partial charge in [-0.05, 0) is 39.9 Å². The number of halogens is 1. The Hall–Kier alpha value is -2.44. The molecule has 6 nitrogen and oxygen atoms in total. The van der Waals surface area contributed by atoms with Crippen molar-refractivity contribution in [2.24, 2.45) is 0 Å². The number of carbonyl (C=O) groups is 1. The van der Waals surface area contributed by atoms with Gasteiger partial charge in [0.25, 0.3) is 11.6 Å². The van der Waals surface area contributed by atoms with Crippen molar-refractivity contribution in [3.05, 3.63) is 47.2 Å². The molecule has 0 aliphatic rings. The van der Waals surface area contributed by atoms with E-state index in [-0.39, 0.29) is 18.3 Å². The fourth-order valence-electron chi connectivity index (χ4n) is 2.71. The average molecular weight is 375 g/mol. The average Bonchev–Trinajstić information content (AvgIpc) is 2.99. The van der Waals surface area contributed by atoms with E-state index in [2.05, 4.69) is 20.8 Å². The largest absolute Gasteiger partial charge is 0.352 e. The fourth-order valence-corrected chi connectivity index (χ4v) is 2.71. The Labute approximate surface area is 158 Å². The van der Waals surface area contributed by atoms with Crippen molar-refractivity contribution in [2.75, 3.05) is 20.1 Å². The summed E-state index contributed by atoms with van der Waals surface area (Å²) in [6.07, 6.45) is 0.865. The molecule has 3 aromatic rings. The summed E-state index contributed by atoms with van der Waals surface area (Å²) < 4.78 is 5.32. The first-order valence-corrected chi connectivity index (χ1v) is 8.37. The van der Waals surface area contributed by atoms with E-state index in [9.17, 15) is 4.79 Å². The number of fused-ring (bicyclic) bond motifs is 1. The zero-order valence-corrected chi connectivity index (χ0v) is 15.9. The maximum atomic E-state index is 12.7. The van der Waals surface area contributed by atoms with E-state index in [4.69, 9.17) is 4.52 Å². The van der Waals surface area contributed by atoms with Crippen LogP contribution in [-0.2, 0) is 0 Å². The lowest BCUT2D eigenvalue weighted by Gasteiger charge is -2.08. The third kappa shape index (κ3) is 4.20. The van der Waals surface area contributed by atoms with Gasteiger partial charge in [-0.1, -0.05) is 35.0 Å². The van der Waals surface area contributed by atoms with E-state index in [1.54, 1.807) is 0 Å². The second kappa shape index (κ2) is 8.78. The van der Waals surface area contributed by atoms with E-state index < -0.39 is 0 Å². The van der Waals surface area contributed by atoms with Crippen LogP contribution in [0.1, 0.15) is 28.0 Å². The number of carbonyl (C=O) groups excluding carboxylic acids is 1. The summed E-state index contributed by atoms with van der Waals surface area (Å²) in [7, 11) is 1.89.